The number of carbonyl (C=O) groups excluding carboxylic acids is 1. The van der Waals surface area contributed by atoms with Gasteiger partial charge in [0.25, 0.3) is 10.0 Å². The van der Waals surface area contributed by atoms with E-state index in [0.717, 1.165) is 35.8 Å². The van der Waals surface area contributed by atoms with Crippen LogP contribution in [0.2, 0.25) is 0 Å². The van der Waals surface area contributed by atoms with Crippen LogP contribution in [0.5, 0.6) is 0 Å². The summed E-state index contributed by atoms with van der Waals surface area (Å²) in [5.41, 5.74) is 1.97. The van der Waals surface area contributed by atoms with E-state index in [4.69, 9.17) is 4.74 Å². The Morgan fingerprint density at radius 3 is 2.41 bits per heavy atom. The number of aryl methyl sites for hydroxylation is 1. The zero-order valence-corrected chi connectivity index (χ0v) is 23.0. The molecular formula is C29H37N3O4S. The molecule has 1 aliphatic rings. The van der Waals surface area contributed by atoms with E-state index < -0.39 is 15.6 Å². The fourth-order valence-electron chi connectivity index (χ4n) is 4.85. The molecule has 1 amide bonds. The Hall–Kier alpha value is -3.10. The third kappa shape index (κ3) is 5.91. The van der Waals surface area contributed by atoms with Crippen LogP contribution in [0.1, 0.15) is 51.2 Å². The number of rotatable bonds is 7. The summed E-state index contributed by atoms with van der Waals surface area (Å²) in [5.74, 6) is 0. The molecule has 1 aromatic heterocycles. The number of hydrogen-bond acceptors (Lipinski definition) is 5. The van der Waals surface area contributed by atoms with Crippen LogP contribution < -0.4 is 5.32 Å². The SMILES string of the molecule is C=CCC1(NCc2cccc3c2ccn3S(=O)(=O)c2ccc(C)cc2)CCN(C(=O)OC(C)(C)C)CC1. The van der Waals surface area contributed by atoms with Crippen molar-refractivity contribution in [2.75, 3.05) is 13.1 Å². The first-order valence-corrected chi connectivity index (χ1v) is 14.1. The third-order valence-corrected chi connectivity index (χ3v) is 8.63. The summed E-state index contributed by atoms with van der Waals surface area (Å²) in [6.07, 6.45) is 5.59. The van der Waals surface area contributed by atoms with Crippen molar-refractivity contribution in [3.8, 4) is 0 Å². The summed E-state index contributed by atoms with van der Waals surface area (Å²) in [5, 5.41) is 4.62. The van der Waals surface area contributed by atoms with E-state index in [2.05, 4.69) is 11.9 Å². The first-order valence-electron chi connectivity index (χ1n) is 12.7. The summed E-state index contributed by atoms with van der Waals surface area (Å²) in [4.78, 5) is 14.6. The molecule has 2 heterocycles. The maximum Gasteiger partial charge on any atom is 0.410 e. The molecule has 1 N–H and O–H groups in total. The van der Waals surface area contributed by atoms with E-state index >= 15 is 0 Å². The summed E-state index contributed by atoms with van der Waals surface area (Å²) >= 11 is 0. The molecular weight excluding hydrogens is 486 g/mol. The normalized spacial score (nSPS) is 16.1. The lowest BCUT2D eigenvalue weighted by atomic mass is 9.84. The predicted molar refractivity (Wildman–Crippen MR) is 147 cm³/mol. The van der Waals surface area contributed by atoms with Gasteiger partial charge in [-0.1, -0.05) is 35.9 Å². The summed E-state index contributed by atoms with van der Waals surface area (Å²) in [6.45, 7) is 13.3. The fraction of sp³-hybridized carbons (Fsp3) is 0.414. The van der Waals surface area contributed by atoms with Crippen molar-refractivity contribution in [1.82, 2.24) is 14.2 Å². The third-order valence-electron chi connectivity index (χ3n) is 6.93. The van der Waals surface area contributed by atoms with Crippen molar-refractivity contribution < 1.29 is 17.9 Å². The number of hydrogen-bond donors (Lipinski definition) is 1. The van der Waals surface area contributed by atoms with Crippen LogP contribution in [-0.2, 0) is 21.3 Å². The van der Waals surface area contributed by atoms with Gasteiger partial charge in [0.05, 0.1) is 10.4 Å². The molecule has 1 aliphatic heterocycles. The van der Waals surface area contributed by atoms with Crippen molar-refractivity contribution in [2.45, 2.75) is 69.5 Å². The molecule has 1 fully saturated rings. The highest BCUT2D eigenvalue weighted by Crippen LogP contribution is 2.30. The van der Waals surface area contributed by atoms with Crippen molar-refractivity contribution in [1.29, 1.82) is 0 Å². The molecule has 0 atom stereocenters. The van der Waals surface area contributed by atoms with Crippen LogP contribution in [-0.4, -0.2) is 47.6 Å². The average Bonchev–Trinajstić information content (AvgIpc) is 3.28. The van der Waals surface area contributed by atoms with Gasteiger partial charge in [0.1, 0.15) is 5.60 Å². The molecule has 0 radical (unpaired) electrons. The van der Waals surface area contributed by atoms with Gasteiger partial charge in [-0.05, 0) is 76.8 Å². The van der Waals surface area contributed by atoms with E-state index in [1.807, 2.05) is 58.0 Å². The molecule has 3 aromatic rings. The van der Waals surface area contributed by atoms with Crippen LogP contribution in [0.25, 0.3) is 10.9 Å². The van der Waals surface area contributed by atoms with Crippen LogP contribution in [0, 0.1) is 6.92 Å². The van der Waals surface area contributed by atoms with Gasteiger partial charge in [0, 0.05) is 36.8 Å². The van der Waals surface area contributed by atoms with Gasteiger partial charge in [-0.25, -0.2) is 17.2 Å². The first kappa shape index (κ1) is 26.9. The number of fused-ring (bicyclic) bond motifs is 1. The van der Waals surface area contributed by atoms with Crippen LogP contribution >= 0.6 is 0 Å². The quantitative estimate of drug-likeness (QED) is 0.407. The second-order valence-electron chi connectivity index (χ2n) is 10.9. The smallest absolute Gasteiger partial charge is 0.410 e. The maximum atomic E-state index is 13.3. The fourth-order valence-corrected chi connectivity index (χ4v) is 6.20. The highest BCUT2D eigenvalue weighted by atomic mass is 32.2. The summed E-state index contributed by atoms with van der Waals surface area (Å²) in [6, 6.07) is 14.5. The van der Waals surface area contributed by atoms with Gasteiger partial charge < -0.3 is 15.0 Å². The van der Waals surface area contributed by atoms with Crippen molar-refractivity contribution in [2.24, 2.45) is 0 Å². The lowest BCUT2D eigenvalue weighted by molar-refractivity contribution is 0.0147. The van der Waals surface area contributed by atoms with Gasteiger partial charge in [-0.15, -0.1) is 6.58 Å². The molecule has 0 saturated carbocycles. The number of ether oxygens (including phenoxy) is 1. The molecule has 8 heteroatoms. The Labute approximate surface area is 220 Å². The predicted octanol–water partition coefficient (Wildman–Crippen LogP) is 5.62. The van der Waals surface area contributed by atoms with Gasteiger partial charge in [0.15, 0.2) is 0 Å². The standard InChI is InChI=1S/C29H37N3O4S/c1-6-15-29(16-19-31(20-17-29)27(33)36-28(3,4)5)30-21-23-8-7-9-26-25(23)14-18-32(26)37(34,35)24-12-10-22(2)11-13-24/h6-14,18,30H,1,15-17,19-21H2,2-5H3. The van der Waals surface area contributed by atoms with Crippen molar-refractivity contribution in [3.05, 3.63) is 78.5 Å². The molecule has 0 spiro atoms. The molecule has 7 nitrogen and oxygen atoms in total. The van der Waals surface area contributed by atoms with Gasteiger partial charge in [-0.3, -0.25) is 0 Å². The highest BCUT2D eigenvalue weighted by Gasteiger charge is 2.36. The topological polar surface area (TPSA) is 80.6 Å². The number of nitrogens with zero attached hydrogens (tertiary/aromatic N) is 2. The van der Waals surface area contributed by atoms with Gasteiger partial charge in [-0.2, -0.15) is 0 Å². The minimum absolute atomic E-state index is 0.195. The average molecular weight is 524 g/mol. The largest absolute Gasteiger partial charge is 0.444 e. The molecule has 198 valence electrons. The maximum absolute atomic E-state index is 13.3. The van der Waals surface area contributed by atoms with Crippen molar-refractivity contribution >= 4 is 27.0 Å². The highest BCUT2D eigenvalue weighted by molar-refractivity contribution is 7.90. The second-order valence-corrected chi connectivity index (χ2v) is 12.7. The zero-order valence-electron chi connectivity index (χ0n) is 22.2. The number of piperidine rings is 1. The minimum Gasteiger partial charge on any atom is -0.444 e. The Bertz CT molecular complexity index is 1380. The molecule has 0 unspecified atom stereocenters. The number of likely N-dealkylation sites (tertiary alicyclic amines) is 1. The number of benzene rings is 2. The lowest BCUT2D eigenvalue weighted by Gasteiger charge is -2.42. The number of carbonyl (C=O) groups is 1. The Morgan fingerprint density at radius 1 is 1.11 bits per heavy atom. The summed E-state index contributed by atoms with van der Waals surface area (Å²) in [7, 11) is -3.71. The monoisotopic (exact) mass is 523 g/mol. The number of nitrogens with one attached hydrogen (secondary N) is 1. The van der Waals surface area contributed by atoms with E-state index in [0.29, 0.717) is 25.2 Å². The molecule has 37 heavy (non-hydrogen) atoms. The number of amides is 1. The molecule has 0 bridgehead atoms. The lowest BCUT2D eigenvalue weighted by Crippen LogP contribution is -2.54. The Morgan fingerprint density at radius 2 is 1.78 bits per heavy atom. The van der Waals surface area contributed by atoms with Crippen molar-refractivity contribution in [3.63, 3.8) is 0 Å². The molecule has 1 saturated heterocycles. The van der Waals surface area contributed by atoms with Gasteiger partial charge >= 0.3 is 6.09 Å². The van der Waals surface area contributed by atoms with Crippen LogP contribution in [0.15, 0.2) is 72.3 Å². The Kier molecular flexibility index (Phi) is 7.53. The molecule has 0 aliphatic carbocycles. The van der Waals surface area contributed by atoms with Crippen LogP contribution in [0.4, 0.5) is 4.79 Å². The number of aromatic nitrogens is 1. The zero-order chi connectivity index (χ0) is 26.8. The molecule has 2 aromatic carbocycles. The van der Waals surface area contributed by atoms with E-state index in [1.165, 1.54) is 3.97 Å². The molecule has 4 rings (SSSR count). The second kappa shape index (κ2) is 10.3. The summed E-state index contributed by atoms with van der Waals surface area (Å²) < 4.78 is 33.6. The van der Waals surface area contributed by atoms with Gasteiger partial charge in [0.2, 0.25) is 0 Å². The van der Waals surface area contributed by atoms with E-state index in [1.54, 1.807) is 35.4 Å². The van der Waals surface area contributed by atoms with Crippen LogP contribution in [0.3, 0.4) is 0 Å². The van der Waals surface area contributed by atoms with E-state index in [9.17, 15) is 13.2 Å². The van der Waals surface area contributed by atoms with E-state index in [-0.39, 0.29) is 16.5 Å². The first-order chi connectivity index (χ1) is 17.4. The minimum atomic E-state index is -3.71. The Balaban J connectivity index is 1.52.